The van der Waals surface area contributed by atoms with Crippen LogP contribution in [0.25, 0.3) is 11.1 Å². The van der Waals surface area contributed by atoms with Crippen molar-refractivity contribution in [1.29, 1.82) is 0 Å². The van der Waals surface area contributed by atoms with E-state index in [1.165, 1.54) is 10.6 Å². The van der Waals surface area contributed by atoms with Gasteiger partial charge in [0.1, 0.15) is 12.3 Å². The molecule has 0 radical (unpaired) electrons. The number of carbonyl (C=O) groups is 1. The highest BCUT2D eigenvalue weighted by atomic mass is 35.5. The van der Waals surface area contributed by atoms with Crippen molar-refractivity contribution in [3.8, 4) is 5.75 Å². The number of hydrogen-bond acceptors (Lipinski definition) is 4. The van der Waals surface area contributed by atoms with Gasteiger partial charge in [0.15, 0.2) is 5.58 Å². The molecule has 0 aliphatic carbocycles. The molecule has 7 heteroatoms. The van der Waals surface area contributed by atoms with E-state index in [4.69, 9.17) is 20.8 Å². The minimum absolute atomic E-state index is 0.162. The third-order valence-corrected chi connectivity index (χ3v) is 3.52. The van der Waals surface area contributed by atoms with Gasteiger partial charge in [-0.1, -0.05) is 17.7 Å². The summed E-state index contributed by atoms with van der Waals surface area (Å²) < 4.78 is 11.4. The molecule has 0 saturated heterocycles. The van der Waals surface area contributed by atoms with Gasteiger partial charge >= 0.3 is 5.76 Å². The van der Waals surface area contributed by atoms with Crippen LogP contribution in [-0.4, -0.2) is 17.6 Å². The zero-order chi connectivity index (χ0) is 16.4. The molecule has 0 unspecified atom stereocenters. The fourth-order valence-corrected chi connectivity index (χ4v) is 2.40. The van der Waals surface area contributed by atoms with Crippen LogP contribution in [0.5, 0.6) is 5.75 Å². The number of rotatable bonds is 4. The molecule has 3 aromatic rings. The van der Waals surface area contributed by atoms with Crippen molar-refractivity contribution in [3.05, 3.63) is 58.0 Å². The Morgan fingerprint density at radius 1 is 1.30 bits per heavy atom. The number of carbonyl (C=O) groups excluding carboxylic acids is 1. The van der Waals surface area contributed by atoms with Crippen molar-refractivity contribution in [2.75, 3.05) is 12.4 Å². The maximum atomic E-state index is 12.2. The minimum atomic E-state index is -0.608. The van der Waals surface area contributed by atoms with Gasteiger partial charge in [0.2, 0.25) is 5.91 Å². The molecule has 0 aliphatic heterocycles. The molecule has 2 aromatic carbocycles. The van der Waals surface area contributed by atoms with E-state index in [9.17, 15) is 9.59 Å². The number of nitrogens with one attached hydrogen (secondary N) is 1. The monoisotopic (exact) mass is 332 g/mol. The van der Waals surface area contributed by atoms with Gasteiger partial charge in [0.25, 0.3) is 0 Å². The van der Waals surface area contributed by atoms with Crippen LogP contribution in [0.15, 0.2) is 51.7 Å². The lowest BCUT2D eigenvalue weighted by atomic mass is 10.3. The molecular formula is C16H13ClN2O4. The van der Waals surface area contributed by atoms with Gasteiger partial charge < -0.3 is 14.5 Å². The first-order valence-electron chi connectivity index (χ1n) is 6.79. The molecule has 3 rings (SSSR count). The fraction of sp³-hybridized carbons (Fsp3) is 0.125. The highest BCUT2D eigenvalue weighted by Gasteiger charge is 2.13. The van der Waals surface area contributed by atoms with Crippen LogP contribution in [0, 0.1) is 0 Å². The SMILES string of the molecule is COc1cccc(NC(=O)Cn2c(=O)oc3cc(Cl)ccc32)c1. The van der Waals surface area contributed by atoms with Gasteiger partial charge in [-0.25, -0.2) is 4.79 Å². The highest BCUT2D eigenvalue weighted by Crippen LogP contribution is 2.19. The number of oxazole rings is 1. The van der Waals surface area contributed by atoms with E-state index in [1.54, 1.807) is 43.5 Å². The first-order valence-corrected chi connectivity index (χ1v) is 7.17. The second kappa shape index (κ2) is 6.18. The third kappa shape index (κ3) is 3.22. The van der Waals surface area contributed by atoms with Crippen molar-refractivity contribution in [2.24, 2.45) is 0 Å². The molecule has 6 nitrogen and oxygen atoms in total. The van der Waals surface area contributed by atoms with Gasteiger partial charge in [0.05, 0.1) is 12.6 Å². The number of amides is 1. The molecule has 23 heavy (non-hydrogen) atoms. The number of methoxy groups -OCH3 is 1. The Balaban J connectivity index is 1.83. The van der Waals surface area contributed by atoms with Gasteiger partial charge in [-0.05, 0) is 24.3 Å². The standard InChI is InChI=1S/C16H13ClN2O4/c1-22-12-4-2-3-11(8-12)18-15(20)9-19-13-6-5-10(17)7-14(13)23-16(19)21/h2-8H,9H2,1H3,(H,18,20). The Morgan fingerprint density at radius 3 is 2.91 bits per heavy atom. The topological polar surface area (TPSA) is 73.5 Å². The van der Waals surface area contributed by atoms with E-state index in [2.05, 4.69) is 5.32 Å². The zero-order valence-electron chi connectivity index (χ0n) is 12.2. The van der Waals surface area contributed by atoms with Crippen LogP contribution < -0.4 is 15.8 Å². The number of benzene rings is 2. The number of nitrogens with zero attached hydrogens (tertiary/aromatic N) is 1. The molecular weight excluding hydrogens is 320 g/mol. The number of hydrogen-bond donors (Lipinski definition) is 1. The smallest absolute Gasteiger partial charge is 0.420 e. The average molecular weight is 333 g/mol. The summed E-state index contributed by atoms with van der Waals surface area (Å²) in [5.41, 5.74) is 1.44. The van der Waals surface area contributed by atoms with E-state index in [1.807, 2.05) is 0 Å². The van der Waals surface area contributed by atoms with E-state index >= 15 is 0 Å². The summed E-state index contributed by atoms with van der Waals surface area (Å²) in [6.07, 6.45) is 0. The molecule has 0 aliphatic rings. The first kappa shape index (κ1) is 15.2. The summed E-state index contributed by atoms with van der Waals surface area (Å²) in [6, 6.07) is 11.8. The van der Waals surface area contributed by atoms with E-state index in [-0.39, 0.29) is 12.5 Å². The molecule has 0 bridgehead atoms. The van der Waals surface area contributed by atoms with Crippen molar-refractivity contribution in [1.82, 2.24) is 4.57 Å². The minimum Gasteiger partial charge on any atom is -0.497 e. The maximum Gasteiger partial charge on any atom is 0.420 e. The Kier molecular flexibility index (Phi) is 4.08. The van der Waals surface area contributed by atoms with Crippen molar-refractivity contribution < 1.29 is 13.9 Å². The van der Waals surface area contributed by atoms with E-state index in [0.717, 1.165) is 0 Å². The molecule has 0 fully saturated rings. The van der Waals surface area contributed by atoms with Gasteiger partial charge in [-0.2, -0.15) is 0 Å². The Hall–Kier alpha value is -2.73. The molecule has 1 aromatic heterocycles. The lowest BCUT2D eigenvalue weighted by Gasteiger charge is -2.07. The largest absolute Gasteiger partial charge is 0.497 e. The quantitative estimate of drug-likeness (QED) is 0.797. The summed E-state index contributed by atoms with van der Waals surface area (Å²) in [7, 11) is 1.54. The lowest BCUT2D eigenvalue weighted by molar-refractivity contribution is -0.116. The molecule has 1 N–H and O–H groups in total. The summed E-state index contributed by atoms with van der Waals surface area (Å²) in [4.78, 5) is 24.1. The Labute approximate surface area is 136 Å². The molecule has 0 spiro atoms. The maximum absolute atomic E-state index is 12.2. The molecule has 0 saturated carbocycles. The van der Waals surface area contributed by atoms with Crippen molar-refractivity contribution in [2.45, 2.75) is 6.54 Å². The van der Waals surface area contributed by atoms with Crippen molar-refractivity contribution >= 4 is 34.3 Å². The summed E-state index contributed by atoms with van der Waals surface area (Å²) in [5.74, 6) is -0.329. The summed E-state index contributed by atoms with van der Waals surface area (Å²) in [6.45, 7) is -0.162. The molecule has 1 amide bonds. The van der Waals surface area contributed by atoms with E-state index in [0.29, 0.717) is 27.6 Å². The average Bonchev–Trinajstić information content (AvgIpc) is 2.82. The second-order valence-electron chi connectivity index (χ2n) is 4.85. The fourth-order valence-electron chi connectivity index (χ4n) is 2.23. The van der Waals surface area contributed by atoms with Crippen LogP contribution >= 0.6 is 11.6 Å². The van der Waals surface area contributed by atoms with Crippen LogP contribution in [0.4, 0.5) is 5.69 Å². The number of aromatic nitrogens is 1. The Morgan fingerprint density at radius 2 is 2.13 bits per heavy atom. The van der Waals surface area contributed by atoms with Crippen LogP contribution in [-0.2, 0) is 11.3 Å². The normalized spacial score (nSPS) is 10.7. The number of halogens is 1. The van der Waals surface area contributed by atoms with Crippen molar-refractivity contribution in [3.63, 3.8) is 0 Å². The van der Waals surface area contributed by atoms with E-state index < -0.39 is 5.76 Å². The number of ether oxygens (including phenoxy) is 1. The predicted octanol–water partition coefficient (Wildman–Crippen LogP) is 2.90. The van der Waals surface area contributed by atoms with Crippen LogP contribution in [0.3, 0.4) is 0 Å². The number of anilines is 1. The molecule has 1 heterocycles. The predicted molar refractivity (Wildman–Crippen MR) is 87.1 cm³/mol. The van der Waals surface area contributed by atoms with Gasteiger partial charge in [-0.3, -0.25) is 9.36 Å². The van der Waals surface area contributed by atoms with Crippen LogP contribution in [0.2, 0.25) is 5.02 Å². The number of fused-ring (bicyclic) bond motifs is 1. The first-order chi connectivity index (χ1) is 11.1. The highest BCUT2D eigenvalue weighted by molar-refractivity contribution is 6.31. The second-order valence-corrected chi connectivity index (χ2v) is 5.28. The van der Waals surface area contributed by atoms with Gasteiger partial charge in [-0.15, -0.1) is 0 Å². The van der Waals surface area contributed by atoms with Gasteiger partial charge in [0, 0.05) is 22.8 Å². The Bertz CT molecular complexity index is 929. The molecule has 0 atom stereocenters. The summed E-state index contributed by atoms with van der Waals surface area (Å²) >= 11 is 5.86. The lowest BCUT2D eigenvalue weighted by Crippen LogP contribution is -2.24. The molecule has 118 valence electrons. The van der Waals surface area contributed by atoms with Crippen LogP contribution in [0.1, 0.15) is 0 Å². The zero-order valence-corrected chi connectivity index (χ0v) is 13.0. The summed E-state index contributed by atoms with van der Waals surface area (Å²) in [5, 5.41) is 3.17. The third-order valence-electron chi connectivity index (χ3n) is 3.29.